The summed E-state index contributed by atoms with van der Waals surface area (Å²) in [7, 11) is 4.00. The molecule has 0 radical (unpaired) electrons. The number of amides is 1. The second-order valence-corrected chi connectivity index (χ2v) is 6.99. The van der Waals surface area contributed by atoms with Crippen molar-refractivity contribution in [2.75, 3.05) is 19.0 Å². The summed E-state index contributed by atoms with van der Waals surface area (Å²) in [5.41, 5.74) is 5.89. The van der Waals surface area contributed by atoms with Crippen LogP contribution < -0.4 is 10.3 Å². The van der Waals surface area contributed by atoms with Crippen LogP contribution in [-0.4, -0.2) is 31.5 Å². The van der Waals surface area contributed by atoms with Gasteiger partial charge >= 0.3 is 0 Å². The summed E-state index contributed by atoms with van der Waals surface area (Å²) in [5.74, 6) is 0.725. The summed E-state index contributed by atoms with van der Waals surface area (Å²) in [6, 6.07) is 18.1. The van der Waals surface area contributed by atoms with E-state index >= 15 is 0 Å². The van der Waals surface area contributed by atoms with E-state index in [0.717, 1.165) is 17.0 Å². The maximum absolute atomic E-state index is 12.0. The number of thioether (sulfide) groups is 1. The second-order valence-electron chi connectivity index (χ2n) is 5.66. The zero-order valence-corrected chi connectivity index (χ0v) is 15.1. The predicted octanol–water partition coefficient (Wildman–Crippen LogP) is 3.52. The fourth-order valence-electron chi connectivity index (χ4n) is 1.99. The van der Waals surface area contributed by atoms with Crippen LogP contribution in [0.1, 0.15) is 18.1 Å². The average molecular weight is 341 g/mol. The normalized spacial score (nSPS) is 12.1. The lowest BCUT2D eigenvalue weighted by Crippen LogP contribution is -2.27. The van der Waals surface area contributed by atoms with Gasteiger partial charge < -0.3 is 4.90 Å². The molecule has 0 aliphatic carbocycles. The van der Waals surface area contributed by atoms with E-state index in [4.69, 9.17) is 0 Å². The van der Waals surface area contributed by atoms with Crippen molar-refractivity contribution in [3.05, 3.63) is 65.7 Å². The van der Waals surface area contributed by atoms with Gasteiger partial charge in [0.1, 0.15) is 0 Å². The second kappa shape index (κ2) is 9.13. The van der Waals surface area contributed by atoms with Crippen LogP contribution in [0.3, 0.4) is 0 Å². The molecule has 2 aromatic rings. The average Bonchev–Trinajstić information content (AvgIpc) is 2.61. The molecule has 24 heavy (non-hydrogen) atoms. The van der Waals surface area contributed by atoms with Crippen LogP contribution in [0.5, 0.6) is 0 Å². The van der Waals surface area contributed by atoms with Crippen LogP contribution >= 0.6 is 11.8 Å². The molecule has 0 spiro atoms. The first-order valence-corrected chi connectivity index (χ1v) is 8.87. The first-order valence-electron chi connectivity index (χ1n) is 7.82. The highest BCUT2D eigenvalue weighted by Crippen LogP contribution is 2.17. The van der Waals surface area contributed by atoms with Crippen molar-refractivity contribution in [1.29, 1.82) is 0 Å². The van der Waals surface area contributed by atoms with Gasteiger partial charge in [-0.1, -0.05) is 42.5 Å². The van der Waals surface area contributed by atoms with Gasteiger partial charge in [0.2, 0.25) is 0 Å². The Bertz CT molecular complexity index is 669. The summed E-state index contributed by atoms with van der Waals surface area (Å²) in [5, 5.41) is 3.89. The van der Waals surface area contributed by atoms with E-state index in [1.807, 2.05) is 68.4 Å². The van der Waals surface area contributed by atoms with Crippen molar-refractivity contribution in [3.8, 4) is 0 Å². The van der Waals surface area contributed by atoms with Crippen molar-refractivity contribution in [2.45, 2.75) is 17.9 Å². The van der Waals surface area contributed by atoms with Crippen molar-refractivity contribution in [2.24, 2.45) is 5.10 Å². The molecule has 0 saturated carbocycles. The Kier molecular flexibility index (Phi) is 6.88. The standard InChI is InChI=1S/C19H23N3OS/c1-15(24-14-17-7-5-4-6-8-17)19(23)21-20-13-16-9-11-18(12-10-16)22(2)3/h4-13,15H,14H2,1-3H3,(H,21,23)/b20-13-/t15-/m0/s1. The highest BCUT2D eigenvalue weighted by molar-refractivity contribution is 7.99. The minimum atomic E-state index is -0.154. The Morgan fingerprint density at radius 3 is 2.46 bits per heavy atom. The molecule has 1 N–H and O–H groups in total. The van der Waals surface area contributed by atoms with E-state index in [2.05, 4.69) is 22.7 Å². The monoisotopic (exact) mass is 341 g/mol. The van der Waals surface area contributed by atoms with Crippen molar-refractivity contribution < 1.29 is 4.79 Å². The summed E-state index contributed by atoms with van der Waals surface area (Å²) < 4.78 is 0. The smallest absolute Gasteiger partial charge is 0.252 e. The zero-order chi connectivity index (χ0) is 17.4. The summed E-state index contributed by atoms with van der Waals surface area (Å²) in [6.45, 7) is 1.89. The fraction of sp³-hybridized carbons (Fsp3) is 0.263. The van der Waals surface area contributed by atoms with Gasteiger partial charge in [-0.25, -0.2) is 5.43 Å². The molecular weight excluding hydrogens is 318 g/mol. The summed E-state index contributed by atoms with van der Waals surface area (Å²) >= 11 is 1.60. The van der Waals surface area contributed by atoms with Gasteiger partial charge in [-0.2, -0.15) is 5.10 Å². The molecule has 1 atom stereocenters. The maximum Gasteiger partial charge on any atom is 0.252 e. The lowest BCUT2D eigenvalue weighted by atomic mass is 10.2. The number of hydrogen-bond donors (Lipinski definition) is 1. The molecule has 0 aromatic heterocycles. The first kappa shape index (κ1) is 18.1. The number of carbonyl (C=O) groups is 1. The molecule has 0 aliphatic heterocycles. The molecule has 126 valence electrons. The van der Waals surface area contributed by atoms with E-state index in [9.17, 15) is 4.79 Å². The van der Waals surface area contributed by atoms with Gasteiger partial charge in [-0.05, 0) is 30.2 Å². The minimum absolute atomic E-state index is 0.0860. The van der Waals surface area contributed by atoms with Gasteiger partial charge in [0, 0.05) is 25.5 Å². The first-order chi connectivity index (χ1) is 11.6. The van der Waals surface area contributed by atoms with Crippen molar-refractivity contribution in [3.63, 3.8) is 0 Å². The highest BCUT2D eigenvalue weighted by Gasteiger charge is 2.12. The van der Waals surface area contributed by atoms with Gasteiger partial charge in [-0.3, -0.25) is 4.79 Å². The van der Waals surface area contributed by atoms with Gasteiger partial charge in [0.15, 0.2) is 0 Å². The molecule has 0 unspecified atom stereocenters. The van der Waals surface area contributed by atoms with E-state index < -0.39 is 0 Å². The Morgan fingerprint density at radius 2 is 1.83 bits per heavy atom. The lowest BCUT2D eigenvalue weighted by molar-refractivity contribution is -0.120. The molecular formula is C19H23N3OS. The third-order valence-corrected chi connectivity index (χ3v) is 4.72. The number of rotatable bonds is 7. The summed E-state index contributed by atoms with van der Waals surface area (Å²) in [4.78, 5) is 14.1. The quantitative estimate of drug-likeness (QED) is 0.619. The Balaban J connectivity index is 1.79. The number of nitrogens with zero attached hydrogens (tertiary/aromatic N) is 2. The number of nitrogens with one attached hydrogen (secondary N) is 1. The van der Waals surface area contributed by atoms with Crippen LogP contribution in [-0.2, 0) is 10.5 Å². The Hall–Kier alpha value is -2.27. The molecule has 0 aliphatic rings. The molecule has 0 heterocycles. The third kappa shape index (κ3) is 5.74. The SMILES string of the molecule is C[C@H](SCc1ccccc1)C(=O)N/N=C\c1ccc(N(C)C)cc1. The van der Waals surface area contributed by atoms with Crippen LogP contribution in [0, 0.1) is 0 Å². The predicted molar refractivity (Wildman–Crippen MR) is 104 cm³/mol. The largest absolute Gasteiger partial charge is 0.378 e. The number of hydrogen-bond acceptors (Lipinski definition) is 4. The van der Waals surface area contributed by atoms with Crippen molar-refractivity contribution in [1.82, 2.24) is 5.43 Å². The van der Waals surface area contributed by atoms with E-state index in [0.29, 0.717) is 0 Å². The Morgan fingerprint density at radius 1 is 1.17 bits per heavy atom. The lowest BCUT2D eigenvalue weighted by Gasteiger charge is -2.11. The molecule has 2 rings (SSSR count). The van der Waals surface area contributed by atoms with Crippen LogP contribution in [0.2, 0.25) is 0 Å². The number of hydrazone groups is 1. The van der Waals surface area contributed by atoms with Crippen LogP contribution in [0.25, 0.3) is 0 Å². The topological polar surface area (TPSA) is 44.7 Å². The molecule has 5 heteroatoms. The number of benzene rings is 2. The zero-order valence-electron chi connectivity index (χ0n) is 14.3. The van der Waals surface area contributed by atoms with E-state index in [-0.39, 0.29) is 11.2 Å². The fourth-order valence-corrected chi connectivity index (χ4v) is 2.83. The van der Waals surface area contributed by atoms with Gasteiger partial charge in [0.05, 0.1) is 11.5 Å². The molecule has 0 bridgehead atoms. The number of carbonyl (C=O) groups excluding carboxylic acids is 1. The van der Waals surface area contributed by atoms with Crippen LogP contribution in [0.15, 0.2) is 59.7 Å². The van der Waals surface area contributed by atoms with E-state index in [1.54, 1.807) is 18.0 Å². The minimum Gasteiger partial charge on any atom is -0.378 e. The van der Waals surface area contributed by atoms with E-state index in [1.165, 1.54) is 5.56 Å². The van der Waals surface area contributed by atoms with Crippen molar-refractivity contribution >= 4 is 29.6 Å². The Labute approximate surface area is 148 Å². The highest BCUT2D eigenvalue weighted by atomic mass is 32.2. The van der Waals surface area contributed by atoms with Crippen LogP contribution in [0.4, 0.5) is 5.69 Å². The molecule has 4 nitrogen and oxygen atoms in total. The molecule has 2 aromatic carbocycles. The third-order valence-electron chi connectivity index (χ3n) is 3.51. The molecule has 1 amide bonds. The maximum atomic E-state index is 12.0. The van der Waals surface area contributed by atoms with Gasteiger partial charge in [0.25, 0.3) is 5.91 Å². The molecule has 0 fully saturated rings. The van der Waals surface area contributed by atoms with Gasteiger partial charge in [-0.15, -0.1) is 11.8 Å². The molecule has 0 saturated heterocycles. The summed E-state index contributed by atoms with van der Waals surface area (Å²) in [6.07, 6.45) is 1.66. The number of anilines is 1.